The van der Waals surface area contributed by atoms with Crippen molar-refractivity contribution in [2.75, 3.05) is 14.2 Å². The number of hydrogen-bond acceptors (Lipinski definition) is 2. The van der Waals surface area contributed by atoms with Gasteiger partial charge in [-0.2, -0.15) is 0 Å². The Morgan fingerprint density at radius 2 is 1.64 bits per heavy atom. The Morgan fingerprint density at radius 1 is 0.880 bits per heavy atom. The van der Waals surface area contributed by atoms with Crippen LogP contribution in [0.3, 0.4) is 0 Å². The summed E-state index contributed by atoms with van der Waals surface area (Å²) in [6.07, 6.45) is 7.50. The van der Waals surface area contributed by atoms with Crippen molar-refractivity contribution in [3.05, 3.63) is 89.8 Å². The number of fused-ring (bicyclic) bond motifs is 1. The highest BCUT2D eigenvalue weighted by Gasteiger charge is 2.23. The van der Waals surface area contributed by atoms with E-state index >= 15 is 0 Å². The first-order valence-electron chi connectivity index (χ1n) is 8.44. The van der Waals surface area contributed by atoms with E-state index in [2.05, 4.69) is 71.6 Å². The highest BCUT2D eigenvalue weighted by molar-refractivity contribution is 5.62. The third kappa shape index (κ3) is 2.82. The number of allylic oxidation sites excluding steroid dienone is 2. The van der Waals surface area contributed by atoms with E-state index in [9.17, 15) is 0 Å². The molecule has 3 nitrogen and oxygen atoms in total. The van der Waals surface area contributed by atoms with E-state index in [1.54, 1.807) is 14.2 Å². The molecular formula is C22H21NO2. The maximum absolute atomic E-state index is 5.50. The van der Waals surface area contributed by atoms with Crippen LogP contribution in [0.5, 0.6) is 11.5 Å². The smallest absolute Gasteiger partial charge is 0.161 e. The van der Waals surface area contributed by atoms with Gasteiger partial charge in [0.25, 0.3) is 0 Å². The molecule has 3 heteroatoms. The van der Waals surface area contributed by atoms with Gasteiger partial charge in [-0.3, -0.25) is 0 Å². The largest absolute Gasteiger partial charge is 0.493 e. The van der Waals surface area contributed by atoms with Crippen molar-refractivity contribution < 1.29 is 9.47 Å². The van der Waals surface area contributed by atoms with Crippen LogP contribution in [-0.2, 0) is 6.42 Å². The van der Waals surface area contributed by atoms with Crippen molar-refractivity contribution in [2.45, 2.75) is 12.3 Å². The van der Waals surface area contributed by atoms with Crippen LogP contribution in [0, 0.1) is 0 Å². The van der Waals surface area contributed by atoms with Crippen LogP contribution in [0.4, 0.5) is 0 Å². The average Bonchev–Trinajstić information content (AvgIpc) is 3.21. The monoisotopic (exact) mass is 331 g/mol. The Hall–Kier alpha value is -2.94. The molecule has 2 aromatic carbocycles. The second kappa shape index (κ2) is 6.52. The zero-order chi connectivity index (χ0) is 17.2. The molecule has 0 aliphatic heterocycles. The first-order chi connectivity index (χ1) is 12.3. The van der Waals surface area contributed by atoms with Gasteiger partial charge in [0.15, 0.2) is 11.5 Å². The molecule has 0 saturated heterocycles. The Kier molecular flexibility index (Phi) is 4.06. The maximum Gasteiger partial charge on any atom is 0.161 e. The lowest BCUT2D eigenvalue weighted by Crippen LogP contribution is -2.12. The van der Waals surface area contributed by atoms with Gasteiger partial charge in [-0.25, -0.2) is 0 Å². The molecule has 1 unspecified atom stereocenters. The molecule has 126 valence electrons. The second-order valence-electron chi connectivity index (χ2n) is 6.22. The van der Waals surface area contributed by atoms with E-state index in [1.165, 1.54) is 22.4 Å². The highest BCUT2D eigenvalue weighted by Crippen LogP contribution is 2.39. The number of ether oxygens (including phenoxy) is 2. The summed E-state index contributed by atoms with van der Waals surface area (Å²) in [5.74, 6) is 1.71. The predicted molar refractivity (Wildman–Crippen MR) is 100 cm³/mol. The van der Waals surface area contributed by atoms with E-state index in [0.717, 1.165) is 17.9 Å². The van der Waals surface area contributed by atoms with Crippen LogP contribution >= 0.6 is 0 Å². The van der Waals surface area contributed by atoms with Crippen LogP contribution in [0.2, 0.25) is 0 Å². The highest BCUT2D eigenvalue weighted by atomic mass is 16.5. The lowest BCUT2D eigenvalue weighted by Gasteiger charge is -2.26. The first-order valence-corrected chi connectivity index (χ1v) is 8.44. The van der Waals surface area contributed by atoms with E-state index in [0.29, 0.717) is 0 Å². The Morgan fingerprint density at radius 3 is 2.40 bits per heavy atom. The third-order valence-electron chi connectivity index (χ3n) is 4.82. The van der Waals surface area contributed by atoms with Crippen molar-refractivity contribution in [2.24, 2.45) is 0 Å². The predicted octanol–water partition coefficient (Wildman–Crippen LogP) is 4.73. The van der Waals surface area contributed by atoms with Gasteiger partial charge in [0.2, 0.25) is 0 Å². The summed E-state index contributed by atoms with van der Waals surface area (Å²) < 4.78 is 13.1. The number of aromatic nitrogens is 1. The van der Waals surface area contributed by atoms with Gasteiger partial charge in [0.1, 0.15) is 0 Å². The molecule has 0 fully saturated rings. The molecule has 1 aliphatic rings. The van der Waals surface area contributed by atoms with Crippen molar-refractivity contribution in [3.8, 4) is 11.5 Å². The molecule has 0 N–H and O–H groups in total. The van der Waals surface area contributed by atoms with Crippen molar-refractivity contribution in [3.63, 3.8) is 0 Å². The van der Waals surface area contributed by atoms with Crippen molar-refractivity contribution in [1.82, 2.24) is 4.57 Å². The number of nitrogens with zero attached hydrogens (tertiary/aromatic N) is 1. The fraction of sp³-hybridized carbons (Fsp3) is 0.182. The summed E-state index contributed by atoms with van der Waals surface area (Å²) in [4.78, 5) is 0. The number of methoxy groups -OCH3 is 2. The molecule has 0 spiro atoms. The van der Waals surface area contributed by atoms with Gasteiger partial charge in [-0.1, -0.05) is 36.4 Å². The summed E-state index contributed by atoms with van der Waals surface area (Å²) in [5, 5.41) is 0. The normalized spacial score (nSPS) is 16.1. The van der Waals surface area contributed by atoms with Crippen LogP contribution in [0.15, 0.2) is 73.1 Å². The molecule has 1 aliphatic carbocycles. The molecule has 4 rings (SSSR count). The molecule has 1 aromatic heterocycles. The minimum Gasteiger partial charge on any atom is -0.493 e. The molecular weight excluding hydrogens is 310 g/mol. The van der Waals surface area contributed by atoms with Crippen LogP contribution in [0.1, 0.15) is 22.6 Å². The van der Waals surface area contributed by atoms with Gasteiger partial charge in [-0.05, 0) is 41.0 Å². The summed E-state index contributed by atoms with van der Waals surface area (Å²) in [6.45, 7) is 0. The summed E-state index contributed by atoms with van der Waals surface area (Å²) in [6, 6.07) is 19.0. The van der Waals surface area contributed by atoms with Gasteiger partial charge in [-0.15, -0.1) is 0 Å². The van der Waals surface area contributed by atoms with Crippen LogP contribution in [-0.4, -0.2) is 18.8 Å². The zero-order valence-electron chi connectivity index (χ0n) is 14.5. The van der Waals surface area contributed by atoms with E-state index in [4.69, 9.17) is 9.47 Å². The van der Waals surface area contributed by atoms with E-state index < -0.39 is 0 Å². The molecule has 0 amide bonds. The second-order valence-corrected chi connectivity index (χ2v) is 6.22. The van der Waals surface area contributed by atoms with Gasteiger partial charge in [0.05, 0.1) is 14.2 Å². The van der Waals surface area contributed by atoms with Crippen molar-refractivity contribution >= 4 is 5.70 Å². The van der Waals surface area contributed by atoms with Gasteiger partial charge < -0.3 is 14.0 Å². The molecule has 1 heterocycles. The lowest BCUT2D eigenvalue weighted by atomic mass is 9.82. The number of rotatable bonds is 4. The average molecular weight is 331 g/mol. The maximum atomic E-state index is 5.50. The first kappa shape index (κ1) is 15.6. The molecule has 25 heavy (non-hydrogen) atoms. The minimum atomic E-state index is 0.196. The Balaban J connectivity index is 1.84. The number of hydrogen-bond donors (Lipinski definition) is 0. The minimum absolute atomic E-state index is 0.196. The number of benzene rings is 2. The summed E-state index contributed by atoms with van der Waals surface area (Å²) in [5.41, 5.74) is 5.22. The van der Waals surface area contributed by atoms with E-state index in [-0.39, 0.29) is 5.92 Å². The fourth-order valence-corrected chi connectivity index (χ4v) is 3.56. The van der Waals surface area contributed by atoms with E-state index in [1.807, 2.05) is 6.07 Å². The molecule has 3 aromatic rings. The molecule has 0 bridgehead atoms. The standard InChI is InChI=1S/C22H21NO2/c1-24-21-10-9-17(14-22(21)25-2)20-15-18(23-11-5-6-12-23)13-16-7-3-4-8-19(16)20/h3-12,14-15,20H,13H2,1-2H3. The molecule has 0 radical (unpaired) electrons. The summed E-state index contributed by atoms with van der Waals surface area (Å²) in [7, 11) is 3.34. The Labute approximate surface area is 148 Å². The fourth-order valence-electron chi connectivity index (χ4n) is 3.56. The molecule has 0 saturated carbocycles. The molecule has 1 atom stereocenters. The van der Waals surface area contributed by atoms with Crippen molar-refractivity contribution in [1.29, 1.82) is 0 Å². The van der Waals surface area contributed by atoms with Crippen LogP contribution < -0.4 is 9.47 Å². The van der Waals surface area contributed by atoms with Gasteiger partial charge >= 0.3 is 0 Å². The third-order valence-corrected chi connectivity index (χ3v) is 4.82. The summed E-state index contributed by atoms with van der Waals surface area (Å²) >= 11 is 0. The van der Waals surface area contributed by atoms with Crippen LogP contribution in [0.25, 0.3) is 5.70 Å². The Bertz CT molecular complexity index is 910. The zero-order valence-corrected chi connectivity index (χ0v) is 14.5. The topological polar surface area (TPSA) is 23.4 Å². The van der Waals surface area contributed by atoms with Gasteiger partial charge in [0, 0.05) is 30.4 Å². The SMILES string of the molecule is COc1ccc(C2C=C(n3cccc3)Cc3ccccc32)cc1OC. The quantitative estimate of drug-likeness (QED) is 0.690. The lowest BCUT2D eigenvalue weighted by molar-refractivity contribution is 0.354.